The van der Waals surface area contributed by atoms with Crippen LogP contribution in [0.4, 0.5) is 0 Å². The predicted molar refractivity (Wildman–Crippen MR) is 77.5 cm³/mol. The Morgan fingerprint density at radius 2 is 2.06 bits per heavy atom. The zero-order valence-corrected chi connectivity index (χ0v) is 11.0. The van der Waals surface area contributed by atoms with Crippen LogP contribution in [0.1, 0.15) is 25.3 Å². The van der Waals surface area contributed by atoms with E-state index in [1.807, 2.05) is 48.8 Å². The molecule has 1 nitrogen and oxygen atoms in total. The molecule has 0 heterocycles. The standard InChI is InChI=1S/C16H14ClO/c1-2-3-6-13(11-18)16-14-8-5-4-7-12(14)9-10-15(16)17/h4-10H,2-3H2,1H3/b13-6-. The molecule has 0 atom stereocenters. The molecule has 91 valence electrons. The van der Waals surface area contributed by atoms with Crippen LogP contribution in [0.15, 0.2) is 42.5 Å². The molecule has 0 aliphatic rings. The Kier molecular flexibility index (Phi) is 4.16. The number of unbranched alkanes of at least 4 members (excludes halogenated alkanes) is 1. The van der Waals surface area contributed by atoms with E-state index < -0.39 is 0 Å². The largest absolute Gasteiger partial charge is 0.285 e. The molecule has 0 bridgehead atoms. The van der Waals surface area contributed by atoms with Crippen molar-refractivity contribution in [2.45, 2.75) is 19.8 Å². The lowest BCUT2D eigenvalue weighted by atomic mass is 9.98. The quantitative estimate of drug-likeness (QED) is 0.720. The van der Waals surface area contributed by atoms with E-state index in [1.165, 1.54) is 0 Å². The summed E-state index contributed by atoms with van der Waals surface area (Å²) in [5, 5.41) is 2.67. The van der Waals surface area contributed by atoms with Crippen molar-refractivity contribution in [1.29, 1.82) is 0 Å². The second-order valence-electron chi connectivity index (χ2n) is 4.15. The van der Waals surface area contributed by atoms with Gasteiger partial charge in [0.05, 0.1) is 0 Å². The van der Waals surface area contributed by atoms with Crippen LogP contribution >= 0.6 is 11.6 Å². The van der Waals surface area contributed by atoms with Crippen LogP contribution in [0.5, 0.6) is 0 Å². The van der Waals surface area contributed by atoms with Gasteiger partial charge in [0.25, 0.3) is 0 Å². The second kappa shape index (κ2) is 5.83. The van der Waals surface area contributed by atoms with Crippen molar-refractivity contribution in [2.24, 2.45) is 0 Å². The van der Waals surface area contributed by atoms with E-state index in [0.717, 1.165) is 29.2 Å². The summed E-state index contributed by atoms with van der Waals surface area (Å²) in [6.45, 7) is 2.07. The van der Waals surface area contributed by atoms with Crippen molar-refractivity contribution in [2.75, 3.05) is 0 Å². The fraction of sp³-hybridized carbons (Fsp3) is 0.188. The number of hydrogen-bond donors (Lipinski definition) is 0. The van der Waals surface area contributed by atoms with E-state index in [2.05, 4.69) is 6.92 Å². The minimum Gasteiger partial charge on any atom is -0.285 e. The molecule has 2 rings (SSSR count). The predicted octanol–water partition coefficient (Wildman–Crippen LogP) is 4.79. The van der Waals surface area contributed by atoms with Gasteiger partial charge in [-0.3, -0.25) is 4.79 Å². The Bertz CT molecular complexity index is 599. The number of fused-ring (bicyclic) bond motifs is 1. The number of hydrogen-bond acceptors (Lipinski definition) is 1. The number of halogens is 1. The summed E-state index contributed by atoms with van der Waals surface area (Å²) in [5.74, 6) is 0. The smallest absolute Gasteiger partial charge is 0.233 e. The van der Waals surface area contributed by atoms with Gasteiger partial charge in [-0.25, -0.2) is 0 Å². The van der Waals surface area contributed by atoms with E-state index >= 15 is 0 Å². The second-order valence-corrected chi connectivity index (χ2v) is 4.56. The lowest BCUT2D eigenvalue weighted by molar-refractivity contribution is 0.565. The first-order valence-corrected chi connectivity index (χ1v) is 6.41. The van der Waals surface area contributed by atoms with E-state index in [9.17, 15) is 4.79 Å². The molecule has 0 saturated heterocycles. The summed E-state index contributed by atoms with van der Waals surface area (Å²) in [5.41, 5.74) is 1.34. The summed E-state index contributed by atoms with van der Waals surface area (Å²) in [7, 11) is 0. The zero-order valence-electron chi connectivity index (χ0n) is 10.2. The molecule has 0 aliphatic heterocycles. The molecule has 2 aromatic rings. The average Bonchev–Trinajstić information content (AvgIpc) is 2.41. The van der Waals surface area contributed by atoms with E-state index in [4.69, 9.17) is 11.6 Å². The number of rotatable bonds is 4. The minimum atomic E-state index is 0.554. The van der Waals surface area contributed by atoms with Crippen molar-refractivity contribution >= 4 is 34.2 Å². The van der Waals surface area contributed by atoms with Crippen LogP contribution in [0.3, 0.4) is 0 Å². The van der Waals surface area contributed by atoms with Gasteiger partial charge in [-0.05, 0) is 23.3 Å². The van der Waals surface area contributed by atoms with Crippen molar-refractivity contribution in [3.63, 3.8) is 0 Å². The SMILES string of the molecule is CCC/C=C(/[C]=O)c1c(Cl)ccc2ccccc12. The fourth-order valence-corrected chi connectivity index (χ4v) is 2.27. The molecule has 0 aromatic heterocycles. The third-order valence-electron chi connectivity index (χ3n) is 2.89. The number of benzene rings is 2. The summed E-state index contributed by atoms with van der Waals surface area (Å²) in [4.78, 5) is 11.2. The Morgan fingerprint density at radius 3 is 2.78 bits per heavy atom. The molecule has 1 radical (unpaired) electrons. The number of allylic oxidation sites excluding steroid dienone is 2. The molecule has 2 heteroatoms. The maximum Gasteiger partial charge on any atom is 0.233 e. The first kappa shape index (κ1) is 12.8. The Labute approximate surface area is 112 Å². The van der Waals surface area contributed by atoms with Gasteiger partial charge in [0.15, 0.2) is 0 Å². The first-order valence-electron chi connectivity index (χ1n) is 6.04. The highest BCUT2D eigenvalue weighted by molar-refractivity contribution is 6.35. The molecular formula is C16H14ClO. The van der Waals surface area contributed by atoms with Gasteiger partial charge in [0.1, 0.15) is 0 Å². The summed E-state index contributed by atoms with van der Waals surface area (Å²) in [6, 6.07) is 11.7. The molecule has 0 aliphatic carbocycles. The third kappa shape index (κ3) is 2.46. The van der Waals surface area contributed by atoms with E-state index in [0.29, 0.717) is 10.6 Å². The molecule has 0 fully saturated rings. The van der Waals surface area contributed by atoms with Gasteiger partial charge in [-0.1, -0.05) is 61.4 Å². The van der Waals surface area contributed by atoms with Crippen molar-refractivity contribution in [1.82, 2.24) is 0 Å². The summed E-state index contributed by atoms with van der Waals surface area (Å²) in [6.07, 6.45) is 5.76. The Hall–Kier alpha value is -1.60. The molecule has 0 amide bonds. The normalized spacial score (nSPS) is 11.8. The fourth-order valence-electron chi connectivity index (χ4n) is 2.00. The van der Waals surface area contributed by atoms with Gasteiger partial charge in [0, 0.05) is 16.2 Å². The third-order valence-corrected chi connectivity index (χ3v) is 3.21. The van der Waals surface area contributed by atoms with Crippen LogP contribution in [-0.2, 0) is 4.79 Å². The van der Waals surface area contributed by atoms with Crippen LogP contribution in [0.2, 0.25) is 5.02 Å². The molecule has 0 unspecified atom stereocenters. The molecular weight excluding hydrogens is 244 g/mol. The van der Waals surface area contributed by atoms with Crippen molar-refractivity contribution in [3.05, 3.63) is 53.1 Å². The Balaban J connectivity index is 2.68. The van der Waals surface area contributed by atoms with Gasteiger partial charge < -0.3 is 0 Å². The summed E-state index contributed by atoms with van der Waals surface area (Å²) < 4.78 is 0. The average molecular weight is 258 g/mol. The van der Waals surface area contributed by atoms with Crippen LogP contribution in [0, 0.1) is 0 Å². The molecule has 0 saturated carbocycles. The zero-order chi connectivity index (χ0) is 13.0. The van der Waals surface area contributed by atoms with E-state index in [-0.39, 0.29) is 0 Å². The summed E-state index contributed by atoms with van der Waals surface area (Å²) >= 11 is 6.24. The van der Waals surface area contributed by atoms with Crippen LogP contribution in [0.25, 0.3) is 16.3 Å². The molecule has 2 aromatic carbocycles. The van der Waals surface area contributed by atoms with Gasteiger partial charge in [-0.15, -0.1) is 0 Å². The highest BCUT2D eigenvalue weighted by atomic mass is 35.5. The number of carbonyl (C=O) groups excluding carboxylic acids is 1. The topological polar surface area (TPSA) is 17.1 Å². The molecule has 0 spiro atoms. The maximum atomic E-state index is 11.2. The Morgan fingerprint density at radius 1 is 1.28 bits per heavy atom. The molecule has 18 heavy (non-hydrogen) atoms. The van der Waals surface area contributed by atoms with Crippen molar-refractivity contribution < 1.29 is 4.79 Å². The molecule has 0 N–H and O–H groups in total. The lowest BCUT2D eigenvalue weighted by Crippen LogP contribution is -1.90. The minimum absolute atomic E-state index is 0.554. The monoisotopic (exact) mass is 257 g/mol. The van der Waals surface area contributed by atoms with Gasteiger partial charge in [-0.2, -0.15) is 0 Å². The highest BCUT2D eigenvalue weighted by Gasteiger charge is 2.10. The van der Waals surface area contributed by atoms with E-state index in [1.54, 1.807) is 0 Å². The first-order chi connectivity index (χ1) is 8.77. The van der Waals surface area contributed by atoms with Gasteiger partial charge >= 0.3 is 0 Å². The van der Waals surface area contributed by atoms with Gasteiger partial charge in [0.2, 0.25) is 6.29 Å². The lowest BCUT2D eigenvalue weighted by Gasteiger charge is -2.08. The maximum absolute atomic E-state index is 11.2. The highest BCUT2D eigenvalue weighted by Crippen LogP contribution is 2.31. The van der Waals surface area contributed by atoms with Crippen LogP contribution < -0.4 is 0 Å². The van der Waals surface area contributed by atoms with Crippen LogP contribution in [-0.4, -0.2) is 6.29 Å². The van der Waals surface area contributed by atoms with Crippen molar-refractivity contribution in [3.8, 4) is 0 Å².